The lowest BCUT2D eigenvalue weighted by molar-refractivity contribution is 1.01. The summed E-state index contributed by atoms with van der Waals surface area (Å²) < 4.78 is 2.28. The molecule has 0 fully saturated rings. The molecule has 0 bridgehead atoms. The van der Waals surface area contributed by atoms with Crippen molar-refractivity contribution in [3.63, 3.8) is 0 Å². The van der Waals surface area contributed by atoms with Gasteiger partial charge in [0.15, 0.2) is 0 Å². The zero-order valence-electron chi connectivity index (χ0n) is 11.8. The average molecular weight is 289 g/mol. The highest BCUT2D eigenvalue weighted by atomic mass is 32.2. The molecular weight excluding hydrogens is 274 g/mol. The highest BCUT2D eigenvalue weighted by Gasteiger charge is 2.11. The molecule has 0 saturated heterocycles. The standard InChI is InChI=1S/C19H15NS/c1-20-16-11-6-5-10-15(16)19-17(20)12-7-13-18(19)21-14-8-3-2-4-9-14/h2-13H,1H3. The fraction of sp³-hybridized carbons (Fsp3) is 0.0526. The zero-order chi connectivity index (χ0) is 14.2. The van der Waals surface area contributed by atoms with Gasteiger partial charge in [-0.1, -0.05) is 54.2 Å². The highest BCUT2D eigenvalue weighted by molar-refractivity contribution is 7.99. The average Bonchev–Trinajstić information content (AvgIpc) is 2.83. The maximum absolute atomic E-state index is 2.28. The Morgan fingerprint density at radius 3 is 2.29 bits per heavy atom. The molecule has 21 heavy (non-hydrogen) atoms. The smallest absolute Gasteiger partial charge is 0.0500 e. The number of aryl methyl sites for hydroxylation is 1. The fourth-order valence-corrected chi connectivity index (χ4v) is 3.89. The van der Waals surface area contributed by atoms with Gasteiger partial charge < -0.3 is 4.57 Å². The van der Waals surface area contributed by atoms with Crippen molar-refractivity contribution in [1.82, 2.24) is 4.57 Å². The van der Waals surface area contributed by atoms with Gasteiger partial charge in [0.25, 0.3) is 0 Å². The number of aromatic nitrogens is 1. The minimum atomic E-state index is 1.28. The van der Waals surface area contributed by atoms with Crippen LogP contribution in [0.5, 0.6) is 0 Å². The molecule has 0 radical (unpaired) electrons. The van der Waals surface area contributed by atoms with Gasteiger partial charge in [0.2, 0.25) is 0 Å². The van der Waals surface area contributed by atoms with Crippen LogP contribution in [0.15, 0.2) is 82.6 Å². The summed E-state index contributed by atoms with van der Waals surface area (Å²) in [5.41, 5.74) is 2.57. The molecule has 0 unspecified atom stereocenters. The van der Waals surface area contributed by atoms with E-state index in [9.17, 15) is 0 Å². The molecule has 3 aromatic carbocycles. The van der Waals surface area contributed by atoms with Crippen molar-refractivity contribution in [2.75, 3.05) is 0 Å². The van der Waals surface area contributed by atoms with Crippen LogP contribution < -0.4 is 0 Å². The van der Waals surface area contributed by atoms with Crippen molar-refractivity contribution in [3.05, 3.63) is 72.8 Å². The number of fused-ring (bicyclic) bond motifs is 3. The molecule has 4 aromatic rings. The molecule has 0 aliphatic heterocycles. The molecule has 0 atom stereocenters. The maximum atomic E-state index is 2.28. The Hall–Kier alpha value is -2.19. The molecule has 1 nitrogen and oxygen atoms in total. The Morgan fingerprint density at radius 2 is 1.43 bits per heavy atom. The van der Waals surface area contributed by atoms with Crippen LogP contribution in [0.25, 0.3) is 21.8 Å². The number of nitrogens with zero attached hydrogens (tertiary/aromatic N) is 1. The summed E-state index contributed by atoms with van der Waals surface area (Å²) in [5.74, 6) is 0. The van der Waals surface area contributed by atoms with Crippen molar-refractivity contribution in [2.24, 2.45) is 7.05 Å². The zero-order valence-corrected chi connectivity index (χ0v) is 12.6. The molecule has 4 rings (SSSR count). The van der Waals surface area contributed by atoms with Gasteiger partial charge in [0, 0.05) is 38.6 Å². The Balaban J connectivity index is 1.99. The van der Waals surface area contributed by atoms with Crippen LogP contribution in [0.2, 0.25) is 0 Å². The number of rotatable bonds is 2. The van der Waals surface area contributed by atoms with Gasteiger partial charge in [0.1, 0.15) is 0 Å². The first-order valence-corrected chi connectivity index (χ1v) is 7.85. The first-order chi connectivity index (χ1) is 10.3. The molecule has 2 heteroatoms. The molecule has 0 spiro atoms. The molecule has 102 valence electrons. The third kappa shape index (κ3) is 2.03. The van der Waals surface area contributed by atoms with Gasteiger partial charge in [0.05, 0.1) is 0 Å². The number of hydrogen-bond donors (Lipinski definition) is 0. The van der Waals surface area contributed by atoms with E-state index in [1.54, 1.807) is 0 Å². The number of para-hydroxylation sites is 1. The van der Waals surface area contributed by atoms with E-state index < -0.39 is 0 Å². The minimum absolute atomic E-state index is 1.28. The summed E-state index contributed by atoms with van der Waals surface area (Å²) >= 11 is 1.83. The molecule has 1 aromatic heterocycles. The largest absolute Gasteiger partial charge is 0.344 e. The van der Waals surface area contributed by atoms with Gasteiger partial charge in [-0.05, 0) is 30.3 Å². The molecule has 0 aliphatic carbocycles. The summed E-state index contributed by atoms with van der Waals surface area (Å²) in [4.78, 5) is 2.59. The van der Waals surface area contributed by atoms with Gasteiger partial charge in [-0.2, -0.15) is 0 Å². The SMILES string of the molecule is Cn1c2ccccc2c2c(Sc3ccccc3)cccc21. The lowest BCUT2D eigenvalue weighted by Gasteiger charge is -2.04. The summed E-state index contributed by atoms with van der Waals surface area (Å²) in [5, 5.41) is 2.68. The summed E-state index contributed by atoms with van der Waals surface area (Å²) in [7, 11) is 2.14. The van der Waals surface area contributed by atoms with E-state index in [1.165, 1.54) is 31.6 Å². The Morgan fingerprint density at radius 1 is 0.714 bits per heavy atom. The summed E-state index contributed by atoms with van der Waals surface area (Å²) in [6.07, 6.45) is 0. The first-order valence-electron chi connectivity index (χ1n) is 7.03. The normalized spacial score (nSPS) is 11.3. The van der Waals surface area contributed by atoms with E-state index in [4.69, 9.17) is 0 Å². The Kier molecular flexibility index (Phi) is 2.97. The third-order valence-electron chi connectivity index (χ3n) is 3.87. The van der Waals surface area contributed by atoms with Crippen LogP contribution >= 0.6 is 11.8 Å². The van der Waals surface area contributed by atoms with Gasteiger partial charge in [-0.15, -0.1) is 0 Å². The molecule has 0 aliphatic rings. The Bertz CT molecular complexity index is 922. The molecular formula is C19H15NS. The van der Waals surface area contributed by atoms with Gasteiger partial charge >= 0.3 is 0 Å². The fourth-order valence-electron chi connectivity index (χ4n) is 2.88. The minimum Gasteiger partial charge on any atom is -0.344 e. The third-order valence-corrected chi connectivity index (χ3v) is 4.94. The van der Waals surface area contributed by atoms with Crippen LogP contribution in [-0.2, 0) is 7.05 Å². The molecule has 0 amide bonds. The predicted octanol–water partition coefficient (Wildman–Crippen LogP) is 5.48. The van der Waals surface area contributed by atoms with E-state index in [1.807, 2.05) is 11.8 Å². The predicted molar refractivity (Wildman–Crippen MR) is 91.0 cm³/mol. The second-order valence-electron chi connectivity index (χ2n) is 5.14. The second kappa shape index (κ2) is 4.97. The number of benzene rings is 3. The van der Waals surface area contributed by atoms with Gasteiger partial charge in [-0.25, -0.2) is 0 Å². The van der Waals surface area contributed by atoms with Crippen LogP contribution in [0.1, 0.15) is 0 Å². The number of hydrogen-bond acceptors (Lipinski definition) is 1. The monoisotopic (exact) mass is 289 g/mol. The summed E-state index contributed by atoms with van der Waals surface area (Å²) in [6.45, 7) is 0. The lowest BCUT2D eigenvalue weighted by Crippen LogP contribution is -1.85. The molecule has 1 heterocycles. The highest BCUT2D eigenvalue weighted by Crippen LogP contribution is 2.38. The van der Waals surface area contributed by atoms with E-state index in [-0.39, 0.29) is 0 Å². The van der Waals surface area contributed by atoms with Gasteiger partial charge in [-0.3, -0.25) is 0 Å². The van der Waals surface area contributed by atoms with Crippen LogP contribution in [0, 0.1) is 0 Å². The van der Waals surface area contributed by atoms with Crippen LogP contribution in [0.4, 0.5) is 0 Å². The first kappa shape index (κ1) is 12.5. The van der Waals surface area contributed by atoms with Crippen LogP contribution in [-0.4, -0.2) is 4.57 Å². The summed E-state index contributed by atoms with van der Waals surface area (Å²) in [6, 6.07) is 25.7. The van der Waals surface area contributed by atoms with E-state index >= 15 is 0 Å². The van der Waals surface area contributed by atoms with E-state index in [0.717, 1.165) is 0 Å². The van der Waals surface area contributed by atoms with Crippen LogP contribution in [0.3, 0.4) is 0 Å². The van der Waals surface area contributed by atoms with Crippen molar-refractivity contribution < 1.29 is 0 Å². The Labute approximate surface area is 128 Å². The second-order valence-corrected chi connectivity index (χ2v) is 6.26. The van der Waals surface area contributed by atoms with E-state index in [2.05, 4.69) is 84.4 Å². The quantitative estimate of drug-likeness (QED) is 0.473. The molecule has 0 saturated carbocycles. The maximum Gasteiger partial charge on any atom is 0.0500 e. The lowest BCUT2D eigenvalue weighted by atomic mass is 10.1. The molecule has 0 N–H and O–H groups in total. The van der Waals surface area contributed by atoms with Crippen molar-refractivity contribution in [1.29, 1.82) is 0 Å². The topological polar surface area (TPSA) is 4.93 Å². The van der Waals surface area contributed by atoms with Crippen molar-refractivity contribution >= 4 is 33.6 Å². The van der Waals surface area contributed by atoms with Crippen molar-refractivity contribution in [2.45, 2.75) is 9.79 Å². The van der Waals surface area contributed by atoms with E-state index in [0.29, 0.717) is 0 Å². The van der Waals surface area contributed by atoms with Crippen molar-refractivity contribution in [3.8, 4) is 0 Å².